The Hall–Kier alpha value is -0.830. The lowest BCUT2D eigenvalue weighted by atomic mass is 10.3. The number of hydrogen-bond acceptors (Lipinski definition) is 2. The van der Waals surface area contributed by atoms with Crippen molar-refractivity contribution in [2.45, 2.75) is 0 Å². The first-order valence-corrected chi connectivity index (χ1v) is 3.58. The number of hydrogen-bond donors (Lipinski definition) is 0. The molecule has 0 aliphatic carbocycles. The standard InChI is InChI=1S/C7H3BrNO/c8-6-1-2-7-5(3-6)4-9-10-7/h1-3H. The van der Waals surface area contributed by atoms with Crippen molar-refractivity contribution in [3.05, 3.63) is 28.9 Å². The van der Waals surface area contributed by atoms with Crippen molar-refractivity contribution in [1.29, 1.82) is 0 Å². The van der Waals surface area contributed by atoms with Gasteiger partial charge in [-0.2, -0.15) is 0 Å². The molecule has 0 atom stereocenters. The van der Waals surface area contributed by atoms with E-state index in [0.29, 0.717) is 0 Å². The van der Waals surface area contributed by atoms with Gasteiger partial charge in [-0.25, -0.2) is 0 Å². The first-order chi connectivity index (χ1) is 4.86. The van der Waals surface area contributed by atoms with E-state index in [4.69, 9.17) is 4.52 Å². The third-order valence-corrected chi connectivity index (χ3v) is 1.74. The van der Waals surface area contributed by atoms with Crippen LogP contribution in [0.25, 0.3) is 11.0 Å². The third-order valence-electron chi connectivity index (χ3n) is 1.25. The average Bonchev–Trinajstić information content (AvgIpc) is 2.33. The fourth-order valence-corrected chi connectivity index (χ4v) is 1.15. The fourth-order valence-electron chi connectivity index (χ4n) is 0.790. The molecule has 0 saturated carbocycles. The molecule has 2 aromatic rings. The van der Waals surface area contributed by atoms with Crippen LogP contribution in [-0.4, -0.2) is 5.16 Å². The number of aromatic nitrogens is 1. The van der Waals surface area contributed by atoms with Crippen LogP contribution in [0.4, 0.5) is 0 Å². The van der Waals surface area contributed by atoms with Crippen molar-refractivity contribution in [2.24, 2.45) is 0 Å². The highest BCUT2D eigenvalue weighted by Crippen LogP contribution is 2.17. The molecule has 0 aliphatic heterocycles. The molecule has 49 valence electrons. The van der Waals surface area contributed by atoms with Crippen molar-refractivity contribution >= 4 is 26.9 Å². The molecule has 0 unspecified atom stereocenters. The Kier molecular flexibility index (Phi) is 1.24. The Bertz CT molecular complexity index is 355. The van der Waals surface area contributed by atoms with Crippen molar-refractivity contribution < 1.29 is 4.52 Å². The van der Waals surface area contributed by atoms with Crippen molar-refractivity contribution in [2.75, 3.05) is 0 Å². The van der Waals surface area contributed by atoms with Gasteiger partial charge in [0.2, 0.25) is 0 Å². The second-order valence-corrected chi connectivity index (χ2v) is 2.85. The van der Waals surface area contributed by atoms with E-state index in [1.54, 1.807) is 0 Å². The van der Waals surface area contributed by atoms with Gasteiger partial charge in [-0.3, -0.25) is 0 Å². The maximum atomic E-state index is 4.85. The molecule has 0 fully saturated rings. The molecule has 1 radical (unpaired) electrons. The number of nitrogens with zero attached hydrogens (tertiary/aromatic N) is 1. The van der Waals surface area contributed by atoms with Crippen LogP contribution in [0, 0.1) is 6.20 Å². The van der Waals surface area contributed by atoms with E-state index in [2.05, 4.69) is 27.3 Å². The van der Waals surface area contributed by atoms with Gasteiger partial charge in [0.25, 0.3) is 0 Å². The molecular formula is C7H3BrNO. The highest BCUT2D eigenvalue weighted by atomic mass is 79.9. The predicted octanol–water partition coefficient (Wildman–Crippen LogP) is 2.39. The van der Waals surface area contributed by atoms with E-state index in [1.165, 1.54) is 0 Å². The lowest BCUT2D eigenvalue weighted by molar-refractivity contribution is 0.454. The summed E-state index contributed by atoms with van der Waals surface area (Å²) < 4.78 is 5.86. The van der Waals surface area contributed by atoms with Crippen LogP contribution in [0.1, 0.15) is 0 Å². The number of halogens is 1. The average molecular weight is 197 g/mol. The minimum absolute atomic E-state index is 0.767. The predicted molar refractivity (Wildman–Crippen MR) is 40.5 cm³/mol. The highest BCUT2D eigenvalue weighted by molar-refractivity contribution is 9.10. The van der Waals surface area contributed by atoms with E-state index < -0.39 is 0 Å². The lowest BCUT2D eigenvalue weighted by Gasteiger charge is -1.85. The number of rotatable bonds is 0. The summed E-state index contributed by atoms with van der Waals surface area (Å²) >= 11 is 3.33. The number of fused-ring (bicyclic) bond motifs is 1. The molecule has 0 spiro atoms. The van der Waals surface area contributed by atoms with E-state index in [-0.39, 0.29) is 0 Å². The van der Waals surface area contributed by atoms with Gasteiger partial charge >= 0.3 is 0 Å². The number of benzene rings is 1. The van der Waals surface area contributed by atoms with Gasteiger partial charge in [0.1, 0.15) is 6.20 Å². The first-order valence-electron chi connectivity index (χ1n) is 2.79. The van der Waals surface area contributed by atoms with Gasteiger partial charge in [0, 0.05) is 4.47 Å². The van der Waals surface area contributed by atoms with Gasteiger partial charge < -0.3 is 4.52 Å². The van der Waals surface area contributed by atoms with Crippen LogP contribution in [-0.2, 0) is 0 Å². The molecule has 2 rings (SSSR count). The maximum Gasteiger partial charge on any atom is 0.167 e. The molecule has 1 aromatic carbocycles. The Morgan fingerprint density at radius 2 is 2.40 bits per heavy atom. The zero-order chi connectivity index (χ0) is 6.97. The second kappa shape index (κ2) is 2.09. The van der Waals surface area contributed by atoms with Gasteiger partial charge in [-0.05, 0) is 18.2 Å². The minimum atomic E-state index is 0.767. The second-order valence-electron chi connectivity index (χ2n) is 1.93. The Morgan fingerprint density at radius 3 is 3.30 bits per heavy atom. The minimum Gasteiger partial charge on any atom is -0.356 e. The molecule has 1 aromatic heterocycles. The molecule has 3 heteroatoms. The van der Waals surface area contributed by atoms with Crippen molar-refractivity contribution in [1.82, 2.24) is 5.16 Å². The third kappa shape index (κ3) is 0.827. The molecule has 0 N–H and O–H groups in total. The van der Waals surface area contributed by atoms with E-state index in [9.17, 15) is 0 Å². The normalized spacial score (nSPS) is 10.5. The van der Waals surface area contributed by atoms with E-state index >= 15 is 0 Å². The summed E-state index contributed by atoms with van der Waals surface area (Å²) in [5.41, 5.74) is 0.767. The zero-order valence-corrected chi connectivity index (χ0v) is 6.55. The molecular weight excluding hydrogens is 194 g/mol. The summed E-state index contributed by atoms with van der Waals surface area (Å²) in [4.78, 5) is 0. The monoisotopic (exact) mass is 196 g/mol. The largest absolute Gasteiger partial charge is 0.356 e. The summed E-state index contributed by atoms with van der Waals surface area (Å²) in [5.74, 6) is 0. The fraction of sp³-hybridized carbons (Fsp3) is 0. The molecule has 0 amide bonds. The van der Waals surface area contributed by atoms with Gasteiger partial charge in [0.15, 0.2) is 5.58 Å². The Labute approximate surface area is 65.9 Å². The van der Waals surface area contributed by atoms with Crippen molar-refractivity contribution in [3.63, 3.8) is 0 Å². The Balaban J connectivity index is 2.86. The van der Waals surface area contributed by atoms with Crippen LogP contribution in [0.3, 0.4) is 0 Å². The molecule has 10 heavy (non-hydrogen) atoms. The summed E-state index contributed by atoms with van der Waals surface area (Å²) in [6.07, 6.45) is 2.71. The van der Waals surface area contributed by atoms with E-state index in [1.807, 2.05) is 18.2 Å². The molecule has 1 heterocycles. The summed E-state index contributed by atoms with van der Waals surface area (Å²) in [7, 11) is 0. The summed E-state index contributed by atoms with van der Waals surface area (Å²) in [6, 6.07) is 5.66. The molecule has 2 nitrogen and oxygen atoms in total. The lowest BCUT2D eigenvalue weighted by Crippen LogP contribution is -1.63. The van der Waals surface area contributed by atoms with Gasteiger partial charge in [0.05, 0.1) is 5.39 Å². The van der Waals surface area contributed by atoms with Crippen LogP contribution in [0.2, 0.25) is 0 Å². The van der Waals surface area contributed by atoms with Crippen LogP contribution < -0.4 is 0 Å². The Morgan fingerprint density at radius 1 is 1.50 bits per heavy atom. The topological polar surface area (TPSA) is 26.0 Å². The van der Waals surface area contributed by atoms with E-state index in [0.717, 1.165) is 15.4 Å². The molecule has 0 aliphatic rings. The molecule has 0 saturated heterocycles. The summed E-state index contributed by atoms with van der Waals surface area (Å²) in [6.45, 7) is 0. The summed E-state index contributed by atoms with van der Waals surface area (Å²) in [5, 5.41) is 4.42. The van der Waals surface area contributed by atoms with Crippen LogP contribution in [0.15, 0.2) is 27.2 Å². The maximum absolute atomic E-state index is 4.85. The van der Waals surface area contributed by atoms with Gasteiger partial charge in [-0.15, -0.1) is 0 Å². The van der Waals surface area contributed by atoms with Crippen LogP contribution in [0.5, 0.6) is 0 Å². The van der Waals surface area contributed by atoms with Gasteiger partial charge in [-0.1, -0.05) is 21.1 Å². The SMILES string of the molecule is Brc1ccc2on[c]c2c1. The smallest absolute Gasteiger partial charge is 0.167 e. The zero-order valence-electron chi connectivity index (χ0n) is 4.97. The first kappa shape index (κ1) is 5.92. The van der Waals surface area contributed by atoms with Crippen molar-refractivity contribution in [3.8, 4) is 0 Å². The van der Waals surface area contributed by atoms with Crippen LogP contribution >= 0.6 is 15.9 Å². The molecule has 0 bridgehead atoms. The quantitative estimate of drug-likeness (QED) is 0.647. The highest BCUT2D eigenvalue weighted by Gasteiger charge is 1.96.